The number of carboxylic acid groups (broad SMARTS) is 1. The van der Waals surface area contributed by atoms with Crippen molar-refractivity contribution in [2.75, 3.05) is 0 Å². The number of hydrogen-bond acceptors (Lipinski definition) is 2. The molecule has 14 heavy (non-hydrogen) atoms. The largest absolute Gasteiger partial charge is 0.550 e. The first-order valence-corrected chi connectivity index (χ1v) is 4.82. The lowest BCUT2D eigenvalue weighted by molar-refractivity contribution is -0.445. The molecule has 0 aliphatic heterocycles. The lowest BCUT2D eigenvalue weighted by atomic mass is 9.80. The maximum atomic E-state index is 10.8. The fourth-order valence-corrected chi connectivity index (χ4v) is 2.13. The van der Waals surface area contributed by atoms with Crippen LogP contribution in [0.3, 0.4) is 0 Å². The molecule has 0 radical (unpaired) electrons. The molecular weight excluding hydrogens is 178 g/mol. The summed E-state index contributed by atoms with van der Waals surface area (Å²) >= 11 is 0. The highest BCUT2D eigenvalue weighted by molar-refractivity contribution is 5.69. The first-order chi connectivity index (χ1) is 6.70. The van der Waals surface area contributed by atoms with Gasteiger partial charge in [0, 0.05) is 5.56 Å². The summed E-state index contributed by atoms with van der Waals surface area (Å²) in [6.07, 6.45) is 1.47. The summed E-state index contributed by atoms with van der Waals surface area (Å²) in [6, 6.07) is 7.74. The summed E-state index contributed by atoms with van der Waals surface area (Å²) in [4.78, 5) is 10.8. The van der Waals surface area contributed by atoms with E-state index in [1.54, 1.807) is 0 Å². The van der Waals surface area contributed by atoms with Gasteiger partial charge in [0.1, 0.15) is 6.04 Å². The minimum atomic E-state index is -0.973. The van der Waals surface area contributed by atoms with Crippen molar-refractivity contribution in [2.24, 2.45) is 5.92 Å². The minimum absolute atomic E-state index is 0.162. The highest BCUT2D eigenvalue weighted by Gasteiger charge is 2.29. The van der Waals surface area contributed by atoms with Crippen molar-refractivity contribution in [3.63, 3.8) is 0 Å². The predicted octanol–water partition coefficient (Wildman–Crippen LogP) is -0.718. The van der Waals surface area contributed by atoms with E-state index in [1.807, 2.05) is 24.3 Å². The Labute approximate surface area is 82.5 Å². The van der Waals surface area contributed by atoms with Crippen LogP contribution in [-0.2, 0) is 11.2 Å². The number of aryl methyl sites for hydroxylation is 1. The van der Waals surface area contributed by atoms with E-state index in [1.165, 1.54) is 5.56 Å². The molecule has 1 aliphatic carbocycles. The average Bonchev–Trinajstić information content (AvgIpc) is 2.18. The number of quaternary nitrogens is 1. The number of benzene rings is 1. The highest BCUT2D eigenvalue weighted by atomic mass is 16.4. The topological polar surface area (TPSA) is 67.8 Å². The Morgan fingerprint density at radius 3 is 2.86 bits per heavy atom. The van der Waals surface area contributed by atoms with Crippen molar-refractivity contribution >= 4 is 5.97 Å². The zero-order valence-electron chi connectivity index (χ0n) is 7.90. The molecule has 2 rings (SSSR count). The zero-order chi connectivity index (χ0) is 10.1. The van der Waals surface area contributed by atoms with Crippen LogP contribution in [0.5, 0.6) is 0 Å². The van der Waals surface area contributed by atoms with E-state index in [9.17, 15) is 9.90 Å². The first kappa shape index (κ1) is 9.21. The Hall–Kier alpha value is -1.35. The number of rotatable bonds is 1. The summed E-state index contributed by atoms with van der Waals surface area (Å²) in [5.41, 5.74) is 6.21. The number of carbonyl (C=O) groups excluding carboxylic acids is 1. The molecule has 0 saturated heterocycles. The second-order valence-electron chi connectivity index (χ2n) is 3.77. The minimum Gasteiger partial charge on any atom is -0.550 e. The fourth-order valence-electron chi connectivity index (χ4n) is 2.13. The molecule has 1 aromatic rings. The van der Waals surface area contributed by atoms with Gasteiger partial charge in [0.05, 0.1) is 11.9 Å². The van der Waals surface area contributed by atoms with E-state index in [2.05, 4.69) is 5.73 Å². The van der Waals surface area contributed by atoms with Crippen LogP contribution in [0.15, 0.2) is 24.3 Å². The van der Waals surface area contributed by atoms with Gasteiger partial charge in [-0.1, -0.05) is 24.3 Å². The molecule has 0 unspecified atom stereocenters. The van der Waals surface area contributed by atoms with Gasteiger partial charge in [-0.25, -0.2) is 0 Å². The number of carboxylic acids is 1. The van der Waals surface area contributed by atoms with Gasteiger partial charge in [0.15, 0.2) is 0 Å². The highest BCUT2D eigenvalue weighted by Crippen LogP contribution is 2.30. The van der Waals surface area contributed by atoms with Crippen molar-refractivity contribution in [1.82, 2.24) is 0 Å². The summed E-state index contributed by atoms with van der Waals surface area (Å²) in [7, 11) is 0. The normalized spacial score (nSPS) is 25.5. The smallest absolute Gasteiger partial charge is 0.118 e. The van der Waals surface area contributed by atoms with Crippen LogP contribution in [0.1, 0.15) is 23.6 Å². The monoisotopic (exact) mass is 191 g/mol. The maximum absolute atomic E-state index is 10.8. The molecule has 3 N–H and O–H groups in total. The van der Waals surface area contributed by atoms with E-state index in [4.69, 9.17) is 0 Å². The lowest BCUT2D eigenvalue weighted by Crippen LogP contribution is -2.61. The van der Waals surface area contributed by atoms with Crippen LogP contribution in [0.25, 0.3) is 0 Å². The summed E-state index contributed by atoms with van der Waals surface area (Å²) in [6.45, 7) is 0. The SMILES string of the molecule is [NH3+][C@@H]1c2ccccc2CC[C@@H]1C(=O)[O-]. The van der Waals surface area contributed by atoms with E-state index in [0.717, 1.165) is 12.0 Å². The molecule has 0 amide bonds. The standard InChI is InChI=1S/C11H13NO2/c12-10-8-4-2-1-3-7(8)5-6-9(10)11(13)14/h1-4,9-10H,5-6,12H2,(H,13,14)/t9-,10+/m0/s1. The second kappa shape index (κ2) is 3.42. The summed E-state index contributed by atoms with van der Waals surface area (Å²) < 4.78 is 0. The van der Waals surface area contributed by atoms with E-state index in [0.29, 0.717) is 6.42 Å². The third-order valence-corrected chi connectivity index (χ3v) is 2.97. The van der Waals surface area contributed by atoms with Crippen molar-refractivity contribution in [2.45, 2.75) is 18.9 Å². The Balaban J connectivity index is 2.36. The van der Waals surface area contributed by atoms with Gasteiger partial charge in [0.2, 0.25) is 0 Å². The Morgan fingerprint density at radius 1 is 1.43 bits per heavy atom. The van der Waals surface area contributed by atoms with Crippen molar-refractivity contribution < 1.29 is 15.6 Å². The molecule has 2 atom stereocenters. The van der Waals surface area contributed by atoms with Crippen LogP contribution in [0.2, 0.25) is 0 Å². The molecule has 0 spiro atoms. The van der Waals surface area contributed by atoms with Crippen LogP contribution in [0.4, 0.5) is 0 Å². The zero-order valence-corrected chi connectivity index (χ0v) is 7.90. The molecule has 1 aliphatic rings. The Morgan fingerprint density at radius 2 is 2.14 bits per heavy atom. The number of carbonyl (C=O) groups is 1. The number of aliphatic carboxylic acids is 1. The Bertz CT molecular complexity index is 362. The average molecular weight is 191 g/mol. The maximum Gasteiger partial charge on any atom is 0.118 e. The molecule has 0 aromatic heterocycles. The van der Waals surface area contributed by atoms with Crippen molar-refractivity contribution in [3.05, 3.63) is 35.4 Å². The van der Waals surface area contributed by atoms with Gasteiger partial charge in [0.25, 0.3) is 0 Å². The third-order valence-electron chi connectivity index (χ3n) is 2.97. The Kier molecular flexibility index (Phi) is 2.25. The molecule has 0 bridgehead atoms. The van der Waals surface area contributed by atoms with E-state index < -0.39 is 11.9 Å². The summed E-state index contributed by atoms with van der Waals surface area (Å²) in [5, 5.41) is 10.8. The van der Waals surface area contributed by atoms with E-state index in [-0.39, 0.29) is 6.04 Å². The fraction of sp³-hybridized carbons (Fsp3) is 0.364. The second-order valence-corrected chi connectivity index (χ2v) is 3.77. The third kappa shape index (κ3) is 1.40. The molecule has 74 valence electrons. The quantitative estimate of drug-likeness (QED) is 0.636. The van der Waals surface area contributed by atoms with Crippen molar-refractivity contribution in [1.29, 1.82) is 0 Å². The van der Waals surface area contributed by atoms with Crippen LogP contribution in [-0.4, -0.2) is 5.97 Å². The van der Waals surface area contributed by atoms with Crippen LogP contribution >= 0.6 is 0 Å². The van der Waals surface area contributed by atoms with Gasteiger partial charge in [-0.05, 0) is 18.4 Å². The molecule has 0 heterocycles. The number of hydrogen-bond donors (Lipinski definition) is 1. The van der Waals surface area contributed by atoms with Crippen LogP contribution < -0.4 is 10.8 Å². The van der Waals surface area contributed by atoms with Gasteiger partial charge < -0.3 is 15.6 Å². The van der Waals surface area contributed by atoms with Gasteiger partial charge in [-0.3, -0.25) is 0 Å². The summed E-state index contributed by atoms with van der Waals surface area (Å²) in [5.74, 6) is -1.40. The molecule has 3 heteroatoms. The first-order valence-electron chi connectivity index (χ1n) is 4.82. The van der Waals surface area contributed by atoms with Crippen molar-refractivity contribution in [3.8, 4) is 0 Å². The van der Waals surface area contributed by atoms with Gasteiger partial charge in [-0.2, -0.15) is 0 Å². The molecular formula is C11H13NO2. The molecule has 0 saturated carbocycles. The molecule has 1 aromatic carbocycles. The molecule has 3 nitrogen and oxygen atoms in total. The van der Waals surface area contributed by atoms with Crippen LogP contribution in [0, 0.1) is 5.92 Å². The van der Waals surface area contributed by atoms with Gasteiger partial charge >= 0.3 is 0 Å². The van der Waals surface area contributed by atoms with E-state index >= 15 is 0 Å². The predicted molar refractivity (Wildman–Crippen MR) is 48.9 cm³/mol. The number of fused-ring (bicyclic) bond motifs is 1. The van der Waals surface area contributed by atoms with Gasteiger partial charge in [-0.15, -0.1) is 0 Å². The molecule has 0 fully saturated rings. The lowest BCUT2D eigenvalue weighted by Gasteiger charge is -2.28.